The van der Waals surface area contributed by atoms with Crippen molar-refractivity contribution in [2.24, 2.45) is 5.92 Å². The number of alkyl halides is 3. The Morgan fingerprint density at radius 2 is 2.27 bits per heavy atom. The van der Waals surface area contributed by atoms with E-state index in [1.54, 1.807) is 0 Å². The molecule has 1 aromatic heterocycles. The fourth-order valence-corrected chi connectivity index (χ4v) is 4.06. The lowest BCUT2D eigenvalue weighted by molar-refractivity contribution is -0.115. The Morgan fingerprint density at radius 3 is 2.88 bits per heavy atom. The van der Waals surface area contributed by atoms with Gasteiger partial charge in [0.05, 0.1) is 22.2 Å². The highest BCUT2D eigenvalue weighted by molar-refractivity contribution is 8.02. The van der Waals surface area contributed by atoms with Crippen LogP contribution in [-0.4, -0.2) is 38.1 Å². The standard InChI is InChI=1S/C16H16ClF3N2O3S/c1-8(23)2-3-9-4-12(26-14(9)17)15(24)21-10-5-11(18)16(25)22(6-10)7-13(19)20/h5-6,8-9,12-14,23H,4,7H2,1H3,(H,21,24). The fraction of sp³-hybridized carbons (Fsp3) is 0.500. The molecule has 0 bridgehead atoms. The molecule has 26 heavy (non-hydrogen) atoms. The number of amides is 1. The van der Waals surface area contributed by atoms with Crippen molar-refractivity contribution < 1.29 is 23.1 Å². The minimum Gasteiger partial charge on any atom is -0.381 e. The van der Waals surface area contributed by atoms with Crippen LogP contribution in [0.25, 0.3) is 0 Å². The summed E-state index contributed by atoms with van der Waals surface area (Å²) in [6.07, 6.45) is -2.36. The van der Waals surface area contributed by atoms with Crippen LogP contribution in [0, 0.1) is 23.6 Å². The summed E-state index contributed by atoms with van der Waals surface area (Å²) in [6.45, 7) is 0.532. The van der Waals surface area contributed by atoms with Crippen LogP contribution in [0.1, 0.15) is 13.3 Å². The van der Waals surface area contributed by atoms with Gasteiger partial charge >= 0.3 is 0 Å². The van der Waals surface area contributed by atoms with Crippen LogP contribution >= 0.6 is 23.4 Å². The van der Waals surface area contributed by atoms with Gasteiger partial charge < -0.3 is 15.0 Å². The summed E-state index contributed by atoms with van der Waals surface area (Å²) in [7, 11) is 0. The van der Waals surface area contributed by atoms with Crippen LogP contribution in [0.15, 0.2) is 17.1 Å². The molecule has 1 amide bonds. The molecule has 0 spiro atoms. The summed E-state index contributed by atoms with van der Waals surface area (Å²) in [5, 5.41) is 11.0. The van der Waals surface area contributed by atoms with E-state index in [9.17, 15) is 27.9 Å². The summed E-state index contributed by atoms with van der Waals surface area (Å²) in [4.78, 5) is 23.8. The van der Waals surface area contributed by atoms with E-state index < -0.39 is 46.3 Å². The number of carbonyl (C=O) groups is 1. The van der Waals surface area contributed by atoms with Gasteiger partial charge in [-0.1, -0.05) is 11.8 Å². The second kappa shape index (κ2) is 8.84. The number of carbonyl (C=O) groups excluding carboxylic acids is 1. The van der Waals surface area contributed by atoms with Gasteiger partial charge in [0.15, 0.2) is 5.82 Å². The number of nitrogens with one attached hydrogen (secondary N) is 1. The topological polar surface area (TPSA) is 71.3 Å². The van der Waals surface area contributed by atoms with Gasteiger partial charge in [0, 0.05) is 18.2 Å². The number of anilines is 1. The maximum atomic E-state index is 13.6. The number of pyridine rings is 1. The van der Waals surface area contributed by atoms with Crippen molar-refractivity contribution in [1.82, 2.24) is 4.57 Å². The molecule has 2 heterocycles. The SMILES string of the molecule is CC(O)C#CC1CC(C(=O)Nc2cc(F)c(=O)n(CC(F)F)c2)SC1Cl. The quantitative estimate of drug-likeness (QED) is 0.592. The molecule has 4 unspecified atom stereocenters. The average Bonchev–Trinajstić information content (AvgIpc) is 2.91. The monoisotopic (exact) mass is 408 g/mol. The summed E-state index contributed by atoms with van der Waals surface area (Å²) >= 11 is 7.30. The summed E-state index contributed by atoms with van der Waals surface area (Å²) in [5.41, 5.74) is -1.29. The largest absolute Gasteiger partial charge is 0.381 e. The first-order valence-corrected chi connectivity index (χ1v) is 9.03. The summed E-state index contributed by atoms with van der Waals surface area (Å²) in [6, 6.07) is 0.782. The molecular formula is C16H16ClF3N2O3S. The lowest BCUT2D eigenvalue weighted by Crippen LogP contribution is -2.28. The molecular weight excluding hydrogens is 393 g/mol. The van der Waals surface area contributed by atoms with Crippen molar-refractivity contribution in [1.29, 1.82) is 0 Å². The Kier molecular flexibility index (Phi) is 7.03. The zero-order valence-electron chi connectivity index (χ0n) is 13.6. The lowest BCUT2D eigenvalue weighted by Gasteiger charge is -2.12. The van der Waals surface area contributed by atoms with Gasteiger partial charge in [0.2, 0.25) is 5.91 Å². The fourth-order valence-electron chi connectivity index (χ4n) is 2.34. The van der Waals surface area contributed by atoms with Gasteiger partial charge in [0.25, 0.3) is 12.0 Å². The second-order valence-electron chi connectivity index (χ2n) is 5.70. The van der Waals surface area contributed by atoms with Crippen molar-refractivity contribution >= 4 is 35.0 Å². The van der Waals surface area contributed by atoms with Gasteiger partial charge in [-0.25, -0.2) is 13.2 Å². The smallest absolute Gasteiger partial charge is 0.286 e. The third kappa shape index (κ3) is 5.43. The Hall–Kier alpha value is -1.63. The summed E-state index contributed by atoms with van der Waals surface area (Å²) in [5.74, 6) is 3.35. The highest BCUT2D eigenvalue weighted by Crippen LogP contribution is 2.41. The highest BCUT2D eigenvalue weighted by atomic mass is 35.5. The van der Waals surface area contributed by atoms with E-state index in [0.29, 0.717) is 11.0 Å². The number of hydrogen-bond donors (Lipinski definition) is 2. The van der Waals surface area contributed by atoms with E-state index in [1.165, 1.54) is 6.92 Å². The second-order valence-corrected chi connectivity index (χ2v) is 7.78. The molecule has 0 saturated carbocycles. The maximum absolute atomic E-state index is 13.6. The number of thioether (sulfide) groups is 1. The Balaban J connectivity index is 2.10. The van der Waals surface area contributed by atoms with Crippen LogP contribution in [0.4, 0.5) is 18.9 Å². The van der Waals surface area contributed by atoms with Gasteiger partial charge in [-0.3, -0.25) is 9.59 Å². The van der Waals surface area contributed by atoms with E-state index >= 15 is 0 Å². The predicted molar refractivity (Wildman–Crippen MR) is 93.9 cm³/mol. The molecule has 0 aliphatic carbocycles. The molecule has 5 nitrogen and oxygen atoms in total. The van der Waals surface area contributed by atoms with Crippen molar-refractivity contribution in [2.45, 2.75) is 42.4 Å². The molecule has 1 aliphatic rings. The molecule has 1 aliphatic heterocycles. The molecule has 4 atom stereocenters. The number of hydrogen-bond acceptors (Lipinski definition) is 4. The molecule has 0 radical (unpaired) electrons. The number of aliphatic hydroxyl groups is 1. The third-order valence-corrected chi connectivity index (χ3v) is 5.43. The van der Waals surface area contributed by atoms with Crippen LogP contribution in [0.3, 0.4) is 0 Å². The molecule has 1 aromatic rings. The first-order valence-electron chi connectivity index (χ1n) is 7.65. The molecule has 142 valence electrons. The zero-order chi connectivity index (χ0) is 19.4. The Labute approximate surface area is 156 Å². The van der Waals surface area contributed by atoms with E-state index in [1.807, 2.05) is 0 Å². The van der Waals surface area contributed by atoms with Crippen LogP contribution in [-0.2, 0) is 11.3 Å². The van der Waals surface area contributed by atoms with E-state index in [2.05, 4.69) is 17.2 Å². The maximum Gasteiger partial charge on any atom is 0.286 e. The van der Waals surface area contributed by atoms with E-state index in [0.717, 1.165) is 24.0 Å². The van der Waals surface area contributed by atoms with E-state index in [4.69, 9.17) is 11.6 Å². The number of aliphatic hydroxyl groups excluding tert-OH is 1. The van der Waals surface area contributed by atoms with Gasteiger partial charge in [-0.15, -0.1) is 23.4 Å². The predicted octanol–water partition coefficient (Wildman–Crippen LogP) is 2.26. The molecule has 2 rings (SSSR count). The Morgan fingerprint density at radius 1 is 1.58 bits per heavy atom. The lowest BCUT2D eigenvalue weighted by atomic mass is 10.1. The van der Waals surface area contributed by atoms with Gasteiger partial charge in [0.1, 0.15) is 6.10 Å². The third-order valence-electron chi connectivity index (χ3n) is 3.49. The minimum absolute atomic E-state index is 0.0991. The van der Waals surface area contributed by atoms with Crippen molar-refractivity contribution in [3.63, 3.8) is 0 Å². The molecule has 1 fully saturated rings. The van der Waals surface area contributed by atoms with Crippen molar-refractivity contribution in [3.8, 4) is 11.8 Å². The first kappa shape index (κ1) is 20.7. The highest BCUT2D eigenvalue weighted by Gasteiger charge is 2.37. The van der Waals surface area contributed by atoms with Gasteiger partial charge in [-0.2, -0.15) is 0 Å². The minimum atomic E-state index is -2.84. The molecule has 1 saturated heterocycles. The van der Waals surface area contributed by atoms with E-state index in [-0.39, 0.29) is 11.6 Å². The molecule has 0 aromatic carbocycles. The number of nitrogens with zero attached hydrogens (tertiary/aromatic N) is 1. The zero-order valence-corrected chi connectivity index (χ0v) is 15.2. The van der Waals surface area contributed by atoms with Gasteiger partial charge in [-0.05, 0) is 13.3 Å². The van der Waals surface area contributed by atoms with Crippen molar-refractivity contribution in [3.05, 3.63) is 28.4 Å². The normalized spacial score (nSPS) is 23.4. The average molecular weight is 409 g/mol. The first-order chi connectivity index (χ1) is 12.2. The van der Waals surface area contributed by atoms with Crippen LogP contribution in [0.2, 0.25) is 0 Å². The molecule has 10 heteroatoms. The number of rotatable bonds is 4. The van der Waals surface area contributed by atoms with Crippen molar-refractivity contribution in [2.75, 3.05) is 5.32 Å². The van der Waals surface area contributed by atoms with Crippen LogP contribution in [0.5, 0.6) is 0 Å². The number of halogens is 4. The summed E-state index contributed by atoms with van der Waals surface area (Å²) < 4.78 is 38.6. The van der Waals surface area contributed by atoms with Crippen LogP contribution < -0.4 is 10.9 Å². The Bertz CT molecular complexity index is 791. The molecule has 2 N–H and O–H groups in total. The number of aromatic nitrogens is 1.